The van der Waals surface area contributed by atoms with Gasteiger partial charge in [0, 0.05) is 0 Å². The van der Waals surface area contributed by atoms with Gasteiger partial charge in [0.25, 0.3) is 0 Å². The maximum atomic E-state index is 13.4. The van der Waals surface area contributed by atoms with Crippen molar-refractivity contribution in [1.29, 1.82) is 0 Å². The van der Waals surface area contributed by atoms with Gasteiger partial charge in [0.2, 0.25) is 0 Å². The molecule has 0 saturated carbocycles. The molecule has 0 spiro atoms. The number of ether oxygens (including phenoxy) is 1. The second-order valence-corrected chi connectivity index (χ2v) is 11.4. The van der Waals surface area contributed by atoms with Gasteiger partial charge in [-0.1, -0.05) is 182 Å². The Hall–Kier alpha value is -4.29. The van der Waals surface area contributed by atoms with Crippen molar-refractivity contribution in [3.8, 4) is 0 Å². The molecule has 47 heavy (non-hydrogen) atoms. The van der Waals surface area contributed by atoms with Gasteiger partial charge >= 0.3 is 29.6 Å². The van der Waals surface area contributed by atoms with Crippen molar-refractivity contribution >= 4 is 5.97 Å². The number of carbonyl (C=O) groups excluding carboxylic acids is 1. The third kappa shape index (κ3) is 6.89. The van der Waals surface area contributed by atoms with Crippen LogP contribution in [0.4, 0.5) is 0 Å². The monoisotopic (exact) mass is 625 g/mol. The molecule has 6 rings (SSSR count). The fourth-order valence-electron chi connectivity index (χ4n) is 6.49. The van der Waals surface area contributed by atoms with E-state index in [1.54, 1.807) is 0 Å². The smallest absolute Gasteiger partial charge is 0.548 e. The van der Waals surface area contributed by atoms with Crippen LogP contribution in [0.15, 0.2) is 182 Å². The number of benzene rings is 6. The van der Waals surface area contributed by atoms with Crippen LogP contribution in [0, 0.1) is 0 Å². The standard InChI is InChI=1S/C42H37NO3.Na/c1-32(46-42(36-26-14-5-15-27-36,37-28-16-6-17-29-37)38-30-18-7-19-31-38)39(40(44)45)43-41(33-20-8-2-9-21-33,34-22-10-3-11-23-34)35-24-12-4-13-25-35;/h2-32,39,43H,1H3,(H,44,45);/q;+1/p-1/t32-,39+;/m1./s1. The number of hydrogen-bond acceptors (Lipinski definition) is 4. The summed E-state index contributed by atoms with van der Waals surface area (Å²) in [7, 11) is 0. The van der Waals surface area contributed by atoms with E-state index in [-0.39, 0.29) is 29.6 Å². The van der Waals surface area contributed by atoms with Gasteiger partial charge in [0.1, 0.15) is 5.60 Å². The second kappa shape index (κ2) is 15.5. The molecule has 0 aliphatic heterocycles. The van der Waals surface area contributed by atoms with E-state index in [2.05, 4.69) is 5.32 Å². The zero-order chi connectivity index (χ0) is 31.8. The van der Waals surface area contributed by atoms with Crippen LogP contribution in [-0.2, 0) is 20.7 Å². The SMILES string of the molecule is C[C@@H](OC(c1ccccc1)(c1ccccc1)c1ccccc1)[C@H](NC(c1ccccc1)(c1ccccc1)c1ccccc1)C(=O)[O-].[Na+]. The molecule has 4 nitrogen and oxygen atoms in total. The summed E-state index contributed by atoms with van der Waals surface area (Å²) < 4.78 is 7.19. The number of rotatable bonds is 12. The van der Waals surface area contributed by atoms with Gasteiger partial charge in [-0.25, -0.2) is 0 Å². The first-order valence-electron chi connectivity index (χ1n) is 15.6. The fraction of sp³-hybridized carbons (Fsp3) is 0.119. The largest absolute Gasteiger partial charge is 1.00 e. The number of nitrogens with one attached hydrogen (secondary N) is 1. The minimum atomic E-state index is -1.26. The Balaban J connectivity index is 0.00000433. The van der Waals surface area contributed by atoms with Crippen LogP contribution in [0.1, 0.15) is 40.3 Å². The minimum absolute atomic E-state index is 0. The Bertz CT molecular complexity index is 1630. The van der Waals surface area contributed by atoms with E-state index in [4.69, 9.17) is 4.74 Å². The van der Waals surface area contributed by atoms with Crippen LogP contribution in [0.2, 0.25) is 0 Å². The van der Waals surface area contributed by atoms with Crippen molar-refractivity contribution < 1.29 is 44.2 Å². The van der Waals surface area contributed by atoms with Crippen LogP contribution in [0.25, 0.3) is 0 Å². The van der Waals surface area contributed by atoms with E-state index < -0.39 is 29.3 Å². The van der Waals surface area contributed by atoms with Gasteiger partial charge in [0.15, 0.2) is 0 Å². The van der Waals surface area contributed by atoms with Crippen LogP contribution < -0.4 is 40.0 Å². The average Bonchev–Trinajstić information content (AvgIpc) is 3.13. The van der Waals surface area contributed by atoms with Gasteiger partial charge in [0.05, 0.1) is 23.7 Å². The zero-order valence-electron chi connectivity index (χ0n) is 26.7. The van der Waals surface area contributed by atoms with Crippen molar-refractivity contribution in [2.75, 3.05) is 0 Å². The molecule has 0 aliphatic rings. The first kappa shape index (κ1) is 34.1. The van der Waals surface area contributed by atoms with Crippen molar-refractivity contribution in [2.45, 2.75) is 30.2 Å². The van der Waals surface area contributed by atoms with E-state index in [0.29, 0.717) is 0 Å². The number of carbonyl (C=O) groups is 1. The molecule has 1 N–H and O–H groups in total. The van der Waals surface area contributed by atoms with Crippen LogP contribution >= 0.6 is 0 Å². The topological polar surface area (TPSA) is 61.4 Å². The summed E-state index contributed by atoms with van der Waals surface area (Å²) in [6.45, 7) is 1.81. The fourth-order valence-corrected chi connectivity index (χ4v) is 6.49. The van der Waals surface area contributed by atoms with E-state index in [1.165, 1.54) is 0 Å². The van der Waals surface area contributed by atoms with Crippen LogP contribution in [0.5, 0.6) is 0 Å². The van der Waals surface area contributed by atoms with Crippen molar-refractivity contribution in [3.05, 3.63) is 215 Å². The number of aliphatic carboxylic acids is 1. The average molecular weight is 626 g/mol. The molecule has 6 aromatic carbocycles. The van der Waals surface area contributed by atoms with Gasteiger partial charge in [-0.15, -0.1) is 0 Å². The molecule has 0 fully saturated rings. The van der Waals surface area contributed by atoms with Crippen LogP contribution in [-0.4, -0.2) is 18.1 Å². The molecule has 228 valence electrons. The zero-order valence-corrected chi connectivity index (χ0v) is 28.7. The maximum Gasteiger partial charge on any atom is 1.00 e. The molecule has 0 aliphatic carbocycles. The first-order valence-corrected chi connectivity index (χ1v) is 15.6. The van der Waals surface area contributed by atoms with Gasteiger partial charge in [-0.2, -0.15) is 0 Å². The van der Waals surface area contributed by atoms with E-state index in [1.807, 2.05) is 189 Å². The quantitative estimate of drug-likeness (QED) is 0.165. The second-order valence-electron chi connectivity index (χ2n) is 11.4. The molecule has 0 heterocycles. The number of carboxylic acids is 1. The molecule has 2 atom stereocenters. The molecule has 0 amide bonds. The first-order chi connectivity index (χ1) is 22.6. The summed E-state index contributed by atoms with van der Waals surface area (Å²) in [5.74, 6) is -1.26. The van der Waals surface area contributed by atoms with Crippen molar-refractivity contribution in [1.82, 2.24) is 5.32 Å². The Kier molecular flexibility index (Phi) is 11.3. The van der Waals surface area contributed by atoms with E-state index in [9.17, 15) is 9.90 Å². The molecule has 0 aromatic heterocycles. The van der Waals surface area contributed by atoms with Crippen molar-refractivity contribution in [3.63, 3.8) is 0 Å². The van der Waals surface area contributed by atoms with Gasteiger partial charge < -0.3 is 14.6 Å². The van der Waals surface area contributed by atoms with Gasteiger partial charge in [-0.05, 0) is 40.3 Å². The molecule has 5 heteroatoms. The summed E-state index contributed by atoms with van der Waals surface area (Å²) in [4.78, 5) is 13.4. The summed E-state index contributed by atoms with van der Waals surface area (Å²) in [6, 6.07) is 58.5. The predicted octanol–water partition coefficient (Wildman–Crippen LogP) is 4.09. The molecule has 0 radical (unpaired) electrons. The van der Waals surface area contributed by atoms with Crippen molar-refractivity contribution in [2.24, 2.45) is 0 Å². The summed E-state index contributed by atoms with van der Waals surface area (Å²) >= 11 is 0. The number of hydrogen-bond donors (Lipinski definition) is 1. The number of carboxylic acid groups (broad SMARTS) is 1. The van der Waals surface area contributed by atoms with E-state index in [0.717, 1.165) is 33.4 Å². The predicted molar refractivity (Wildman–Crippen MR) is 181 cm³/mol. The Morgan fingerprint density at radius 3 is 1.02 bits per heavy atom. The summed E-state index contributed by atoms with van der Waals surface area (Å²) in [5.41, 5.74) is 3.18. The maximum absolute atomic E-state index is 13.4. The third-order valence-corrected chi connectivity index (χ3v) is 8.62. The summed E-state index contributed by atoms with van der Waals surface area (Å²) in [5, 5.41) is 17.0. The molecule has 0 bridgehead atoms. The van der Waals surface area contributed by atoms with Crippen LogP contribution in [0.3, 0.4) is 0 Å². The molecular formula is C42H36NNaO3. The minimum Gasteiger partial charge on any atom is -0.548 e. The Morgan fingerprint density at radius 2 is 0.766 bits per heavy atom. The molecule has 0 saturated heterocycles. The normalized spacial score (nSPS) is 12.8. The molecular weight excluding hydrogens is 589 g/mol. The Morgan fingerprint density at radius 1 is 0.511 bits per heavy atom. The molecule has 6 aromatic rings. The van der Waals surface area contributed by atoms with Gasteiger partial charge in [-0.3, -0.25) is 5.32 Å². The molecule has 0 unspecified atom stereocenters. The summed E-state index contributed by atoms with van der Waals surface area (Å²) in [6.07, 6.45) is -0.874. The third-order valence-electron chi connectivity index (χ3n) is 8.62. The van der Waals surface area contributed by atoms with E-state index >= 15 is 0 Å². The Labute approximate surface area is 299 Å².